The molecule has 1 unspecified atom stereocenters. The van der Waals surface area contributed by atoms with Crippen LogP contribution in [-0.2, 0) is 12.8 Å². The van der Waals surface area contributed by atoms with Crippen LogP contribution < -0.4 is 10.1 Å². The number of rotatable bonds is 6. The molecule has 0 saturated heterocycles. The van der Waals surface area contributed by atoms with Gasteiger partial charge in [0.1, 0.15) is 11.5 Å². The molecular weight excluding hydrogens is 286 g/mol. The van der Waals surface area contributed by atoms with Crippen molar-refractivity contribution in [3.8, 4) is 11.5 Å². The van der Waals surface area contributed by atoms with E-state index in [1.54, 1.807) is 12.1 Å². The zero-order chi connectivity index (χ0) is 16.1. The molecule has 3 nitrogen and oxygen atoms in total. The Bertz CT molecular complexity index is 641. The minimum atomic E-state index is -0.340. The molecule has 2 N–H and O–H groups in total. The van der Waals surface area contributed by atoms with Gasteiger partial charge < -0.3 is 9.84 Å². The number of aromatic hydroxyl groups is 1. The van der Waals surface area contributed by atoms with Gasteiger partial charge in [0.25, 0.3) is 0 Å². The van der Waals surface area contributed by atoms with Crippen molar-refractivity contribution in [1.29, 1.82) is 0 Å². The number of hydrogen-bond donors (Lipinski definition) is 2. The quantitative estimate of drug-likeness (QED) is 0.791. The van der Waals surface area contributed by atoms with Crippen molar-refractivity contribution < 1.29 is 9.84 Å². The number of aryl methyl sites for hydroxylation is 2. The number of phenols is 1. The van der Waals surface area contributed by atoms with E-state index in [1.807, 2.05) is 6.07 Å². The van der Waals surface area contributed by atoms with Crippen molar-refractivity contribution in [3.63, 3.8) is 0 Å². The molecule has 3 heteroatoms. The maximum absolute atomic E-state index is 9.61. The summed E-state index contributed by atoms with van der Waals surface area (Å²) in [5.74, 6) is 1.06. The van der Waals surface area contributed by atoms with E-state index in [9.17, 15) is 5.11 Å². The number of fused-ring (bicyclic) bond motifs is 1. The average Bonchev–Trinajstić information content (AvgIpc) is 2.55. The highest BCUT2D eigenvalue weighted by Gasteiger charge is 2.30. The maximum Gasteiger partial charge on any atom is 0.158 e. The number of benzene rings is 2. The van der Waals surface area contributed by atoms with Gasteiger partial charge in [-0.1, -0.05) is 36.4 Å². The first-order chi connectivity index (χ1) is 11.1. The van der Waals surface area contributed by atoms with Crippen LogP contribution >= 0.6 is 0 Å². The predicted molar refractivity (Wildman–Crippen MR) is 92.8 cm³/mol. The average molecular weight is 311 g/mol. The van der Waals surface area contributed by atoms with Crippen molar-refractivity contribution >= 4 is 0 Å². The van der Waals surface area contributed by atoms with Crippen LogP contribution in [0.2, 0.25) is 0 Å². The van der Waals surface area contributed by atoms with Gasteiger partial charge in [-0.05, 0) is 56.3 Å². The smallest absolute Gasteiger partial charge is 0.158 e. The van der Waals surface area contributed by atoms with Gasteiger partial charge in [-0.2, -0.15) is 0 Å². The molecule has 0 aromatic heterocycles. The van der Waals surface area contributed by atoms with Gasteiger partial charge >= 0.3 is 0 Å². The fourth-order valence-corrected chi connectivity index (χ4v) is 3.09. The predicted octanol–water partition coefficient (Wildman–Crippen LogP) is 4.05. The minimum absolute atomic E-state index is 0.260. The molecule has 23 heavy (non-hydrogen) atoms. The maximum atomic E-state index is 9.61. The minimum Gasteiger partial charge on any atom is -0.508 e. The lowest BCUT2D eigenvalue weighted by Crippen LogP contribution is -2.50. The summed E-state index contributed by atoms with van der Waals surface area (Å²) < 4.78 is 6.09. The summed E-state index contributed by atoms with van der Waals surface area (Å²) in [6.07, 6.45) is 5.34. The Balaban J connectivity index is 1.45. The van der Waals surface area contributed by atoms with Crippen molar-refractivity contribution in [2.45, 2.75) is 44.8 Å². The fourth-order valence-electron chi connectivity index (χ4n) is 3.09. The van der Waals surface area contributed by atoms with Crippen LogP contribution in [0, 0.1) is 0 Å². The summed E-state index contributed by atoms with van der Waals surface area (Å²) in [6, 6.07) is 16.0. The third-order valence-corrected chi connectivity index (χ3v) is 4.49. The van der Waals surface area contributed by atoms with E-state index in [4.69, 9.17) is 4.74 Å². The normalized spacial score (nSPS) is 19.9. The topological polar surface area (TPSA) is 41.5 Å². The Labute approximate surface area is 138 Å². The summed E-state index contributed by atoms with van der Waals surface area (Å²) in [6.45, 7) is 3.04. The number of ether oxygens (including phenoxy) is 1. The lowest BCUT2D eigenvalue weighted by atomic mass is 9.98. The van der Waals surface area contributed by atoms with Crippen molar-refractivity contribution in [2.24, 2.45) is 0 Å². The van der Waals surface area contributed by atoms with Crippen LogP contribution in [0.4, 0.5) is 0 Å². The largest absolute Gasteiger partial charge is 0.508 e. The molecule has 0 radical (unpaired) electrons. The number of phenolic OH excluding ortho intramolecular Hbond substituents is 1. The second-order valence-electron chi connectivity index (χ2n) is 6.49. The second kappa shape index (κ2) is 7.05. The SMILES string of the molecule is CC1(NCCCCc2ccccc2)CCc2ccc(O)cc2O1. The van der Waals surface area contributed by atoms with Crippen molar-refractivity contribution in [3.05, 3.63) is 59.7 Å². The van der Waals surface area contributed by atoms with E-state index in [1.165, 1.54) is 17.5 Å². The van der Waals surface area contributed by atoms with Crippen LogP contribution in [0.3, 0.4) is 0 Å². The van der Waals surface area contributed by atoms with Gasteiger partial charge in [-0.3, -0.25) is 5.32 Å². The molecule has 1 aliphatic heterocycles. The van der Waals surface area contributed by atoms with Gasteiger partial charge in [0.15, 0.2) is 5.72 Å². The first-order valence-corrected chi connectivity index (χ1v) is 8.44. The molecule has 1 aliphatic rings. The van der Waals surface area contributed by atoms with E-state index >= 15 is 0 Å². The van der Waals surface area contributed by atoms with E-state index in [2.05, 4.69) is 42.6 Å². The standard InChI is InChI=1S/C20H25NO2/c1-20(13-12-17-10-11-18(22)15-19(17)23-20)21-14-6-5-9-16-7-3-2-4-8-16/h2-4,7-8,10-11,15,21-22H,5-6,9,12-14H2,1H3. The molecule has 0 aliphatic carbocycles. The van der Waals surface area contributed by atoms with Crippen LogP contribution in [0.1, 0.15) is 37.3 Å². The highest BCUT2D eigenvalue weighted by Crippen LogP contribution is 2.34. The molecule has 0 fully saturated rings. The van der Waals surface area contributed by atoms with E-state index < -0.39 is 0 Å². The summed E-state index contributed by atoms with van der Waals surface area (Å²) in [7, 11) is 0. The molecule has 122 valence electrons. The molecule has 2 aromatic rings. The van der Waals surface area contributed by atoms with Crippen LogP contribution in [0.25, 0.3) is 0 Å². The zero-order valence-electron chi connectivity index (χ0n) is 13.7. The van der Waals surface area contributed by atoms with Gasteiger partial charge in [0.2, 0.25) is 0 Å². The molecule has 2 aromatic carbocycles. The molecule has 1 atom stereocenters. The summed E-state index contributed by atoms with van der Waals surface area (Å²) >= 11 is 0. The molecule has 0 spiro atoms. The van der Waals surface area contributed by atoms with Crippen LogP contribution in [-0.4, -0.2) is 17.4 Å². The number of unbranched alkanes of at least 4 members (excludes halogenated alkanes) is 1. The summed E-state index contributed by atoms with van der Waals surface area (Å²) in [5, 5.41) is 13.2. The Morgan fingerprint density at radius 3 is 2.78 bits per heavy atom. The molecular formula is C20H25NO2. The third-order valence-electron chi connectivity index (χ3n) is 4.49. The zero-order valence-corrected chi connectivity index (χ0v) is 13.7. The van der Waals surface area contributed by atoms with E-state index in [0.717, 1.165) is 38.0 Å². The molecule has 0 bridgehead atoms. The second-order valence-corrected chi connectivity index (χ2v) is 6.49. The first kappa shape index (κ1) is 15.9. The van der Waals surface area contributed by atoms with Crippen molar-refractivity contribution in [2.75, 3.05) is 6.54 Å². The molecule has 3 rings (SSSR count). The lowest BCUT2D eigenvalue weighted by molar-refractivity contribution is 0.0301. The van der Waals surface area contributed by atoms with Crippen LogP contribution in [0.15, 0.2) is 48.5 Å². The Morgan fingerprint density at radius 2 is 1.96 bits per heavy atom. The van der Waals surface area contributed by atoms with Crippen molar-refractivity contribution in [1.82, 2.24) is 5.32 Å². The Hall–Kier alpha value is -2.00. The summed E-state index contributed by atoms with van der Waals surface area (Å²) in [5.41, 5.74) is 2.23. The lowest BCUT2D eigenvalue weighted by Gasteiger charge is -2.36. The molecule has 0 amide bonds. The third kappa shape index (κ3) is 4.26. The molecule has 1 heterocycles. The van der Waals surface area contributed by atoms with Gasteiger partial charge in [-0.25, -0.2) is 0 Å². The highest BCUT2D eigenvalue weighted by atomic mass is 16.5. The molecule has 0 saturated carbocycles. The summed E-state index contributed by atoms with van der Waals surface area (Å²) in [4.78, 5) is 0. The number of nitrogens with one attached hydrogen (secondary N) is 1. The van der Waals surface area contributed by atoms with E-state index in [0.29, 0.717) is 0 Å². The van der Waals surface area contributed by atoms with Crippen LogP contribution in [0.5, 0.6) is 11.5 Å². The monoisotopic (exact) mass is 311 g/mol. The Kier molecular flexibility index (Phi) is 4.87. The van der Waals surface area contributed by atoms with Gasteiger partial charge in [-0.15, -0.1) is 0 Å². The van der Waals surface area contributed by atoms with Gasteiger partial charge in [0, 0.05) is 12.5 Å². The van der Waals surface area contributed by atoms with Gasteiger partial charge in [0.05, 0.1) is 0 Å². The highest BCUT2D eigenvalue weighted by molar-refractivity contribution is 5.41. The number of hydrogen-bond acceptors (Lipinski definition) is 3. The Morgan fingerprint density at radius 1 is 1.13 bits per heavy atom. The van der Waals surface area contributed by atoms with E-state index in [-0.39, 0.29) is 11.5 Å². The first-order valence-electron chi connectivity index (χ1n) is 8.44. The fraction of sp³-hybridized carbons (Fsp3) is 0.400.